The van der Waals surface area contributed by atoms with Crippen molar-refractivity contribution >= 4 is 45.9 Å². The van der Waals surface area contributed by atoms with Gasteiger partial charge in [0.25, 0.3) is 5.56 Å². The number of fused-ring (bicyclic) bond motifs is 1. The van der Waals surface area contributed by atoms with Crippen molar-refractivity contribution < 1.29 is 9.59 Å². The zero-order valence-corrected chi connectivity index (χ0v) is 18.0. The second-order valence-electron chi connectivity index (χ2n) is 6.72. The number of benzene rings is 2. The Morgan fingerprint density at radius 3 is 2.27 bits per heavy atom. The van der Waals surface area contributed by atoms with Gasteiger partial charge in [0.15, 0.2) is 5.16 Å². The van der Waals surface area contributed by atoms with E-state index in [9.17, 15) is 14.4 Å². The molecule has 156 valence electrons. The first kappa shape index (κ1) is 21.6. The van der Waals surface area contributed by atoms with Crippen molar-refractivity contribution in [1.82, 2.24) is 9.55 Å². The highest BCUT2D eigenvalue weighted by Crippen LogP contribution is 2.26. The average molecular weight is 425 g/mol. The number of hydrogen-bond donors (Lipinski definition) is 2. The molecule has 2 amide bonds. The second-order valence-corrected chi connectivity index (χ2v) is 7.89. The van der Waals surface area contributed by atoms with Crippen LogP contribution in [0.4, 0.5) is 11.4 Å². The monoisotopic (exact) mass is 424 g/mol. The van der Waals surface area contributed by atoms with Gasteiger partial charge in [0.05, 0.1) is 16.2 Å². The summed E-state index contributed by atoms with van der Waals surface area (Å²) in [5.74, 6) is -0.320. The third kappa shape index (κ3) is 4.88. The van der Waals surface area contributed by atoms with Crippen LogP contribution in [0.5, 0.6) is 0 Å². The maximum atomic E-state index is 12.8. The van der Waals surface area contributed by atoms with E-state index in [-0.39, 0.29) is 17.4 Å². The lowest BCUT2D eigenvalue weighted by atomic mass is 10.2. The zero-order chi connectivity index (χ0) is 21.7. The van der Waals surface area contributed by atoms with Crippen molar-refractivity contribution in [2.45, 2.75) is 44.1 Å². The molecule has 0 bridgehead atoms. The summed E-state index contributed by atoms with van der Waals surface area (Å²) in [6, 6.07) is 14.1. The molecule has 0 saturated heterocycles. The third-order valence-electron chi connectivity index (χ3n) is 4.53. The van der Waals surface area contributed by atoms with Crippen molar-refractivity contribution in [3.05, 3.63) is 58.9 Å². The topological polar surface area (TPSA) is 93.1 Å². The lowest BCUT2D eigenvalue weighted by molar-refractivity contribution is -0.116. The van der Waals surface area contributed by atoms with E-state index in [1.165, 1.54) is 18.7 Å². The minimum Gasteiger partial charge on any atom is -0.326 e. The maximum Gasteiger partial charge on any atom is 0.262 e. The molecule has 0 spiro atoms. The molecule has 7 nitrogen and oxygen atoms in total. The van der Waals surface area contributed by atoms with Crippen LogP contribution < -0.4 is 16.2 Å². The number of carbonyl (C=O) groups is 2. The largest absolute Gasteiger partial charge is 0.326 e. The Hall–Kier alpha value is -3.13. The van der Waals surface area contributed by atoms with Gasteiger partial charge in [0.1, 0.15) is 0 Å². The minimum absolute atomic E-state index is 0.102. The van der Waals surface area contributed by atoms with Gasteiger partial charge in [-0.05, 0) is 49.7 Å². The van der Waals surface area contributed by atoms with E-state index in [4.69, 9.17) is 0 Å². The number of hydrogen-bond acceptors (Lipinski definition) is 5. The molecule has 1 atom stereocenters. The standard InChI is InChI=1S/C22H24N4O3S/c1-4-19(20(28)24-16-12-10-15(11-13-16)23-14(3)27)30-22-25-18-9-7-6-8-17(18)21(29)26(22)5-2/h6-13,19H,4-5H2,1-3H3,(H,23,27)(H,24,28). The normalized spacial score (nSPS) is 11.8. The number of nitrogens with zero attached hydrogens (tertiary/aromatic N) is 2. The molecule has 0 aliphatic heterocycles. The molecule has 1 unspecified atom stereocenters. The summed E-state index contributed by atoms with van der Waals surface area (Å²) < 4.78 is 1.60. The number of para-hydroxylation sites is 1. The Bertz CT molecular complexity index is 1130. The predicted octanol–water partition coefficient (Wildman–Crippen LogP) is 3.88. The first-order valence-electron chi connectivity index (χ1n) is 9.77. The van der Waals surface area contributed by atoms with E-state index in [1.54, 1.807) is 41.0 Å². The fourth-order valence-electron chi connectivity index (χ4n) is 3.03. The second kappa shape index (κ2) is 9.58. The molecule has 3 aromatic rings. The summed E-state index contributed by atoms with van der Waals surface area (Å²) >= 11 is 1.29. The number of rotatable bonds is 7. The van der Waals surface area contributed by atoms with Crippen LogP contribution in [0.2, 0.25) is 0 Å². The Morgan fingerprint density at radius 1 is 1.03 bits per heavy atom. The number of nitrogens with one attached hydrogen (secondary N) is 2. The van der Waals surface area contributed by atoms with Crippen molar-refractivity contribution in [1.29, 1.82) is 0 Å². The van der Waals surface area contributed by atoms with Crippen molar-refractivity contribution in [3.8, 4) is 0 Å². The van der Waals surface area contributed by atoms with Crippen molar-refractivity contribution in [3.63, 3.8) is 0 Å². The van der Waals surface area contributed by atoms with E-state index in [0.717, 1.165) is 0 Å². The van der Waals surface area contributed by atoms with Gasteiger partial charge in [-0.25, -0.2) is 4.98 Å². The molecular formula is C22H24N4O3S. The van der Waals surface area contributed by atoms with Gasteiger partial charge in [-0.1, -0.05) is 30.8 Å². The van der Waals surface area contributed by atoms with Crippen molar-refractivity contribution in [2.75, 3.05) is 10.6 Å². The van der Waals surface area contributed by atoms with E-state index >= 15 is 0 Å². The molecule has 2 N–H and O–H groups in total. The van der Waals surface area contributed by atoms with Crippen LogP contribution in [0.15, 0.2) is 58.5 Å². The molecule has 8 heteroatoms. The molecule has 1 aromatic heterocycles. The minimum atomic E-state index is -0.411. The fourth-order valence-corrected chi connectivity index (χ4v) is 4.11. The third-order valence-corrected chi connectivity index (χ3v) is 5.88. The maximum absolute atomic E-state index is 12.8. The summed E-state index contributed by atoms with van der Waals surface area (Å²) in [4.78, 5) is 41.4. The van der Waals surface area contributed by atoms with E-state index in [1.807, 2.05) is 26.0 Å². The van der Waals surface area contributed by atoms with Crippen molar-refractivity contribution in [2.24, 2.45) is 0 Å². The molecule has 3 rings (SSSR count). The zero-order valence-electron chi connectivity index (χ0n) is 17.1. The molecule has 0 aliphatic carbocycles. The molecule has 30 heavy (non-hydrogen) atoms. The van der Waals surface area contributed by atoms with E-state index in [0.29, 0.717) is 40.4 Å². The summed E-state index contributed by atoms with van der Waals surface area (Å²) in [6.45, 7) is 5.73. The van der Waals surface area contributed by atoms with Gasteiger partial charge in [-0.3, -0.25) is 19.0 Å². The van der Waals surface area contributed by atoms with Gasteiger partial charge in [0, 0.05) is 24.8 Å². The Balaban J connectivity index is 1.80. The fraction of sp³-hybridized carbons (Fsp3) is 0.273. The lowest BCUT2D eigenvalue weighted by Crippen LogP contribution is -2.28. The highest BCUT2D eigenvalue weighted by molar-refractivity contribution is 8.00. The number of carbonyl (C=O) groups excluding carboxylic acids is 2. The summed E-state index contributed by atoms with van der Waals surface area (Å²) in [6.07, 6.45) is 0.576. The number of aromatic nitrogens is 2. The van der Waals surface area contributed by atoms with Gasteiger partial charge < -0.3 is 10.6 Å². The lowest BCUT2D eigenvalue weighted by Gasteiger charge is -2.17. The molecule has 1 heterocycles. The first-order chi connectivity index (χ1) is 14.4. The highest BCUT2D eigenvalue weighted by atomic mass is 32.2. The number of thioether (sulfide) groups is 1. The van der Waals surface area contributed by atoms with E-state index < -0.39 is 5.25 Å². The predicted molar refractivity (Wildman–Crippen MR) is 121 cm³/mol. The van der Waals surface area contributed by atoms with Gasteiger partial charge in [0.2, 0.25) is 11.8 Å². The van der Waals surface area contributed by atoms with Gasteiger partial charge in [-0.15, -0.1) is 0 Å². The Labute approximate surface area is 178 Å². The van der Waals surface area contributed by atoms with Crippen LogP contribution in [-0.2, 0) is 16.1 Å². The molecule has 0 saturated carbocycles. The SMILES string of the molecule is CCC(Sc1nc2ccccc2c(=O)n1CC)C(=O)Nc1ccc(NC(C)=O)cc1. The van der Waals surface area contributed by atoms with Crippen LogP contribution in [-0.4, -0.2) is 26.6 Å². The summed E-state index contributed by atoms with van der Waals surface area (Å²) in [5, 5.41) is 6.27. The first-order valence-corrected chi connectivity index (χ1v) is 10.7. The van der Waals surface area contributed by atoms with Crippen LogP contribution >= 0.6 is 11.8 Å². The molecule has 0 fully saturated rings. The summed E-state index contributed by atoms with van der Waals surface area (Å²) in [5.41, 5.74) is 1.81. The molecule has 0 radical (unpaired) electrons. The Morgan fingerprint density at radius 2 is 1.67 bits per heavy atom. The molecule has 2 aromatic carbocycles. The van der Waals surface area contributed by atoms with Crippen LogP contribution in [0, 0.1) is 0 Å². The van der Waals surface area contributed by atoms with Crippen LogP contribution in [0.25, 0.3) is 10.9 Å². The van der Waals surface area contributed by atoms with Gasteiger partial charge in [-0.2, -0.15) is 0 Å². The van der Waals surface area contributed by atoms with Crippen LogP contribution in [0.1, 0.15) is 27.2 Å². The molecular weight excluding hydrogens is 400 g/mol. The Kier molecular flexibility index (Phi) is 6.89. The van der Waals surface area contributed by atoms with E-state index in [2.05, 4.69) is 15.6 Å². The highest BCUT2D eigenvalue weighted by Gasteiger charge is 2.21. The molecule has 0 aliphatic rings. The number of anilines is 2. The average Bonchev–Trinajstić information content (AvgIpc) is 2.73. The quantitative estimate of drug-likeness (QED) is 0.443. The van der Waals surface area contributed by atoms with Gasteiger partial charge >= 0.3 is 0 Å². The smallest absolute Gasteiger partial charge is 0.262 e. The summed E-state index contributed by atoms with van der Waals surface area (Å²) in [7, 11) is 0. The van der Waals surface area contributed by atoms with Crippen LogP contribution in [0.3, 0.4) is 0 Å². The number of amides is 2.